The number of phosphoric ester groups is 1. The van der Waals surface area contributed by atoms with Crippen LogP contribution in [0, 0.1) is 0 Å². The lowest BCUT2D eigenvalue weighted by Gasteiger charge is -2.19. The van der Waals surface area contributed by atoms with Crippen LogP contribution >= 0.6 is 7.82 Å². The van der Waals surface area contributed by atoms with Crippen LogP contribution in [0.3, 0.4) is 0 Å². The summed E-state index contributed by atoms with van der Waals surface area (Å²) in [5.74, 6) is -0.861. The molecular weight excluding hydrogens is 954 g/mol. The first kappa shape index (κ1) is 70.9. The molecule has 2 atom stereocenters. The summed E-state index contributed by atoms with van der Waals surface area (Å²) < 4.78 is 32.9. The van der Waals surface area contributed by atoms with Crippen molar-refractivity contribution in [1.29, 1.82) is 0 Å². The lowest BCUT2D eigenvalue weighted by Crippen LogP contribution is -2.29. The van der Waals surface area contributed by atoms with Gasteiger partial charge in [0.15, 0.2) is 6.10 Å². The fourth-order valence-electron chi connectivity index (χ4n) is 7.40. The zero-order valence-electron chi connectivity index (χ0n) is 47.2. The van der Waals surface area contributed by atoms with E-state index in [9.17, 15) is 19.0 Å². The molecule has 0 aliphatic heterocycles. The number of phosphoric acid groups is 1. The summed E-state index contributed by atoms with van der Waals surface area (Å²) in [4.78, 5) is 35.1. The van der Waals surface area contributed by atoms with Gasteiger partial charge >= 0.3 is 19.8 Å². The SMILES string of the molecule is CC/C=C\C/C=C\C/C=C\C/C=C\C/C=C\C/C=C\C/C=C\C/C=C\C/C=C\C/C=C\C/C=C\CCCCCCCCCC(=O)OC(COC(=O)CCCCCCC/C=C\CCCCCC)COP(=O)(O)OCCN. The molecule has 0 fully saturated rings. The van der Waals surface area contributed by atoms with Gasteiger partial charge in [-0.2, -0.15) is 0 Å². The van der Waals surface area contributed by atoms with E-state index in [0.717, 1.165) is 135 Å². The summed E-state index contributed by atoms with van der Waals surface area (Å²) in [6, 6.07) is 0. The molecule has 0 amide bonds. The fraction of sp³-hybridized carbons (Fsp3) is 0.600. The number of unbranched alkanes of at least 4 members (excludes halogenated alkanes) is 16. The van der Waals surface area contributed by atoms with Crippen molar-refractivity contribution in [1.82, 2.24) is 0 Å². The van der Waals surface area contributed by atoms with Gasteiger partial charge in [-0.15, -0.1) is 0 Å². The number of allylic oxidation sites excluding steroid dienone is 24. The van der Waals surface area contributed by atoms with Gasteiger partial charge in [-0.1, -0.05) is 230 Å². The van der Waals surface area contributed by atoms with Gasteiger partial charge in [-0.3, -0.25) is 18.6 Å². The first-order chi connectivity index (χ1) is 36.8. The molecule has 0 heterocycles. The van der Waals surface area contributed by atoms with E-state index in [0.29, 0.717) is 12.8 Å². The van der Waals surface area contributed by atoms with Crippen LogP contribution in [0.25, 0.3) is 0 Å². The summed E-state index contributed by atoms with van der Waals surface area (Å²) in [5, 5.41) is 0. The van der Waals surface area contributed by atoms with Crippen molar-refractivity contribution in [3.05, 3.63) is 146 Å². The monoisotopic (exact) mass is 1060 g/mol. The summed E-state index contributed by atoms with van der Waals surface area (Å²) in [7, 11) is -4.40. The molecule has 424 valence electrons. The van der Waals surface area contributed by atoms with Crippen LogP contribution < -0.4 is 5.73 Å². The Bertz CT molecular complexity index is 1730. The minimum Gasteiger partial charge on any atom is -0.462 e. The van der Waals surface area contributed by atoms with Crippen LogP contribution in [0.4, 0.5) is 0 Å². The minimum atomic E-state index is -4.40. The van der Waals surface area contributed by atoms with E-state index in [1.807, 2.05) is 0 Å². The number of rotatable bonds is 53. The molecule has 10 heteroatoms. The van der Waals surface area contributed by atoms with Gasteiger partial charge in [0.25, 0.3) is 0 Å². The van der Waals surface area contributed by atoms with E-state index in [1.54, 1.807) is 0 Å². The standard InChI is InChI=1S/C65H106NO8P/c1-3-5-7-9-11-13-15-17-18-19-20-21-22-23-24-25-26-27-28-29-30-31-32-33-34-35-36-37-38-39-40-41-42-43-44-46-48-50-52-54-56-58-65(68)74-63(62-73-75(69,70)72-60-59-66)61-71-64(67)57-55-53-51-49-47-45-16-14-12-10-8-6-4-2/h5,7,11,13-14,16-18,20-21,23-24,26-27,29-30,32-33,35-36,38-39,41-42,63H,3-4,6,8-10,12,15,19,22,25,28,31,34,37,40,43-62,66H2,1-2H3,(H,69,70)/b7-5-,13-11-,16-14-,18-17-,21-20-,24-23-,27-26-,30-29-,33-32-,36-35-,39-38-,42-41-. The summed E-state index contributed by atoms with van der Waals surface area (Å²) in [5.41, 5.74) is 5.37. The Morgan fingerprint density at radius 2 is 0.733 bits per heavy atom. The van der Waals surface area contributed by atoms with Gasteiger partial charge in [-0.05, 0) is 122 Å². The number of nitrogens with two attached hydrogens (primary N) is 1. The van der Waals surface area contributed by atoms with Crippen LogP contribution in [0.2, 0.25) is 0 Å². The zero-order chi connectivity index (χ0) is 54.5. The molecule has 0 bridgehead atoms. The Morgan fingerprint density at radius 1 is 0.413 bits per heavy atom. The van der Waals surface area contributed by atoms with E-state index in [-0.39, 0.29) is 32.6 Å². The van der Waals surface area contributed by atoms with Crippen LogP contribution in [0.15, 0.2) is 146 Å². The lowest BCUT2D eigenvalue weighted by atomic mass is 10.1. The van der Waals surface area contributed by atoms with Crippen molar-refractivity contribution in [3.63, 3.8) is 0 Å². The van der Waals surface area contributed by atoms with Crippen molar-refractivity contribution < 1.29 is 37.6 Å². The molecule has 2 unspecified atom stereocenters. The maximum Gasteiger partial charge on any atom is 0.472 e. The normalized spacial score (nSPS) is 14.1. The molecule has 0 aromatic rings. The second-order valence-electron chi connectivity index (χ2n) is 18.8. The van der Waals surface area contributed by atoms with E-state index in [4.69, 9.17) is 24.3 Å². The van der Waals surface area contributed by atoms with Gasteiger partial charge in [0.1, 0.15) is 6.61 Å². The maximum absolute atomic E-state index is 12.7. The fourth-order valence-corrected chi connectivity index (χ4v) is 8.16. The highest BCUT2D eigenvalue weighted by Gasteiger charge is 2.26. The number of carbonyl (C=O) groups is 2. The molecule has 0 aliphatic rings. The predicted molar refractivity (Wildman–Crippen MR) is 320 cm³/mol. The first-order valence-corrected chi connectivity index (χ1v) is 30.8. The average Bonchev–Trinajstić information content (AvgIpc) is 3.40. The van der Waals surface area contributed by atoms with Crippen LogP contribution in [0.5, 0.6) is 0 Å². The Hall–Kier alpha value is -4.11. The molecule has 0 rings (SSSR count). The zero-order valence-corrected chi connectivity index (χ0v) is 48.1. The third-order valence-corrected chi connectivity index (χ3v) is 12.7. The minimum absolute atomic E-state index is 0.0436. The van der Waals surface area contributed by atoms with E-state index in [2.05, 4.69) is 160 Å². The van der Waals surface area contributed by atoms with Crippen molar-refractivity contribution in [3.8, 4) is 0 Å². The maximum atomic E-state index is 12.7. The van der Waals surface area contributed by atoms with E-state index < -0.39 is 32.5 Å². The van der Waals surface area contributed by atoms with Crippen molar-refractivity contribution in [2.45, 2.75) is 225 Å². The lowest BCUT2D eigenvalue weighted by molar-refractivity contribution is -0.161. The molecule has 0 aromatic carbocycles. The van der Waals surface area contributed by atoms with Gasteiger partial charge < -0.3 is 20.1 Å². The van der Waals surface area contributed by atoms with Crippen molar-refractivity contribution in [2.24, 2.45) is 5.73 Å². The Morgan fingerprint density at radius 3 is 1.11 bits per heavy atom. The summed E-state index contributed by atoms with van der Waals surface area (Å²) >= 11 is 0. The molecular formula is C65H106NO8P. The van der Waals surface area contributed by atoms with E-state index >= 15 is 0 Å². The van der Waals surface area contributed by atoms with Crippen molar-refractivity contribution in [2.75, 3.05) is 26.4 Å². The highest BCUT2D eigenvalue weighted by Crippen LogP contribution is 2.43. The summed E-state index contributed by atoms with van der Waals surface area (Å²) in [6.45, 7) is 3.56. The molecule has 75 heavy (non-hydrogen) atoms. The molecule has 0 saturated heterocycles. The van der Waals surface area contributed by atoms with Gasteiger partial charge in [-0.25, -0.2) is 4.57 Å². The largest absolute Gasteiger partial charge is 0.472 e. The molecule has 9 nitrogen and oxygen atoms in total. The quantitative estimate of drug-likeness (QED) is 0.0264. The topological polar surface area (TPSA) is 134 Å². The number of carbonyl (C=O) groups excluding carboxylic acids is 2. The average molecular weight is 1060 g/mol. The van der Waals surface area contributed by atoms with E-state index in [1.165, 1.54) is 44.9 Å². The molecule has 3 N–H and O–H groups in total. The highest BCUT2D eigenvalue weighted by molar-refractivity contribution is 7.47. The molecule has 0 saturated carbocycles. The van der Waals surface area contributed by atoms with Crippen LogP contribution in [-0.2, 0) is 32.7 Å². The number of ether oxygens (including phenoxy) is 2. The third kappa shape index (κ3) is 59.0. The number of hydrogen-bond donors (Lipinski definition) is 2. The smallest absolute Gasteiger partial charge is 0.462 e. The summed E-state index contributed by atoms with van der Waals surface area (Å²) in [6.07, 6.45) is 84.8. The molecule has 0 spiro atoms. The number of esters is 2. The van der Waals surface area contributed by atoms with Crippen LogP contribution in [-0.4, -0.2) is 49.3 Å². The van der Waals surface area contributed by atoms with Crippen molar-refractivity contribution >= 4 is 19.8 Å². The first-order valence-electron chi connectivity index (χ1n) is 29.3. The third-order valence-electron chi connectivity index (χ3n) is 11.7. The molecule has 0 aromatic heterocycles. The predicted octanol–water partition coefficient (Wildman–Crippen LogP) is 18.7. The second kappa shape index (κ2) is 59.1. The Balaban J connectivity index is 4.00. The van der Waals surface area contributed by atoms with Crippen LogP contribution in [0.1, 0.15) is 219 Å². The molecule has 0 aliphatic carbocycles. The Kier molecular flexibility index (Phi) is 55.9. The Labute approximate surface area is 458 Å². The van der Waals surface area contributed by atoms with Gasteiger partial charge in [0.05, 0.1) is 13.2 Å². The van der Waals surface area contributed by atoms with Gasteiger partial charge in [0, 0.05) is 19.4 Å². The second-order valence-corrected chi connectivity index (χ2v) is 20.2. The molecule has 0 radical (unpaired) electrons. The van der Waals surface area contributed by atoms with Gasteiger partial charge in [0.2, 0.25) is 0 Å². The highest BCUT2D eigenvalue weighted by atomic mass is 31.2. The number of hydrogen-bond acceptors (Lipinski definition) is 8.